The number of aromatic amines is 1. The number of thiophene rings is 1. The van der Waals surface area contributed by atoms with Crippen molar-refractivity contribution in [3.63, 3.8) is 0 Å². The summed E-state index contributed by atoms with van der Waals surface area (Å²) in [4.78, 5) is 43.3. The van der Waals surface area contributed by atoms with E-state index in [1.165, 1.54) is 10.4 Å². The van der Waals surface area contributed by atoms with Gasteiger partial charge in [0.15, 0.2) is 5.13 Å². The number of nitrogens with one attached hydrogen (secondary N) is 1. The Hall–Kier alpha value is -2.26. The van der Waals surface area contributed by atoms with Crippen molar-refractivity contribution in [1.29, 1.82) is 0 Å². The number of amides is 1. The number of rotatable bonds is 4. The molecule has 1 amide bonds. The third kappa shape index (κ3) is 3.22. The van der Waals surface area contributed by atoms with E-state index in [2.05, 4.69) is 19.9 Å². The van der Waals surface area contributed by atoms with Crippen LogP contribution in [0.15, 0.2) is 16.4 Å². The minimum absolute atomic E-state index is 0.0519. The lowest BCUT2D eigenvalue weighted by molar-refractivity contribution is -0.131. The number of hydrogen-bond acceptors (Lipinski definition) is 7. The average molecular weight is 416 g/mol. The first-order chi connectivity index (χ1) is 13.7. The van der Waals surface area contributed by atoms with Crippen LogP contribution in [0.2, 0.25) is 0 Å². The summed E-state index contributed by atoms with van der Waals surface area (Å²) in [5, 5.41) is 3.76. The van der Waals surface area contributed by atoms with Crippen LogP contribution >= 0.6 is 22.7 Å². The molecule has 0 saturated carbocycles. The molecule has 7 nitrogen and oxygen atoms in total. The average Bonchev–Trinajstić information content (AvgIpc) is 3.43. The normalized spacial score (nSPS) is 16.7. The first-order valence-electron chi connectivity index (χ1n) is 9.65. The van der Waals surface area contributed by atoms with Crippen LogP contribution in [-0.2, 0) is 24.1 Å². The molecule has 1 fully saturated rings. The molecule has 0 atom stereocenters. The third-order valence-corrected chi connectivity index (χ3v) is 7.54. The van der Waals surface area contributed by atoms with Crippen LogP contribution in [0.1, 0.15) is 29.1 Å². The second kappa shape index (κ2) is 7.29. The third-order valence-electron chi connectivity index (χ3n) is 5.52. The van der Waals surface area contributed by atoms with E-state index >= 15 is 0 Å². The van der Waals surface area contributed by atoms with Crippen LogP contribution in [0.3, 0.4) is 0 Å². The van der Waals surface area contributed by atoms with Gasteiger partial charge in [0, 0.05) is 55.5 Å². The summed E-state index contributed by atoms with van der Waals surface area (Å²) in [6.45, 7) is 3.03. The quantitative estimate of drug-likeness (QED) is 0.707. The molecule has 3 aromatic heterocycles. The summed E-state index contributed by atoms with van der Waals surface area (Å²) >= 11 is 3.27. The first-order valence-corrected chi connectivity index (χ1v) is 11.3. The molecule has 28 heavy (non-hydrogen) atoms. The standard InChI is InChI=1S/C19H21N5O2S2/c25-15(23-7-9-24(10-8-23)19-20-6-11-27-19)5-4-14-21-17(26)16-12-2-1-3-13(12)28-18(16)22-14/h6,11H,1-5,7-10H2,(H,21,22,26). The molecule has 0 radical (unpaired) electrons. The van der Waals surface area contributed by atoms with Gasteiger partial charge in [-0.05, 0) is 24.8 Å². The number of hydrogen-bond donors (Lipinski definition) is 1. The molecule has 9 heteroatoms. The van der Waals surface area contributed by atoms with Crippen molar-refractivity contribution in [1.82, 2.24) is 19.9 Å². The maximum Gasteiger partial charge on any atom is 0.259 e. The Balaban J connectivity index is 1.22. The van der Waals surface area contributed by atoms with E-state index in [4.69, 9.17) is 0 Å². The molecule has 0 spiro atoms. The maximum atomic E-state index is 12.6. The summed E-state index contributed by atoms with van der Waals surface area (Å²) in [5.41, 5.74) is 1.14. The highest BCUT2D eigenvalue weighted by molar-refractivity contribution is 7.18. The summed E-state index contributed by atoms with van der Waals surface area (Å²) < 4.78 is 0. The van der Waals surface area contributed by atoms with Crippen LogP contribution in [0.25, 0.3) is 10.2 Å². The number of thiazole rings is 1. The Kier molecular flexibility index (Phi) is 4.64. The lowest BCUT2D eigenvalue weighted by atomic mass is 10.2. The fourth-order valence-corrected chi connectivity index (χ4v) is 6.05. The molecule has 3 aromatic rings. The molecular formula is C19H21N5O2S2. The molecule has 1 saturated heterocycles. The number of piperazine rings is 1. The summed E-state index contributed by atoms with van der Waals surface area (Å²) in [7, 11) is 0. The van der Waals surface area contributed by atoms with E-state index in [1.54, 1.807) is 22.7 Å². The Morgan fingerprint density at radius 2 is 2.07 bits per heavy atom. The Morgan fingerprint density at radius 3 is 2.86 bits per heavy atom. The Bertz CT molecular complexity index is 1060. The molecular weight excluding hydrogens is 394 g/mol. The molecule has 1 aliphatic carbocycles. The number of aryl methyl sites for hydroxylation is 3. The minimum atomic E-state index is -0.0519. The van der Waals surface area contributed by atoms with Crippen molar-refractivity contribution in [3.05, 3.63) is 38.2 Å². The number of fused-ring (bicyclic) bond motifs is 3. The van der Waals surface area contributed by atoms with Gasteiger partial charge >= 0.3 is 0 Å². The van der Waals surface area contributed by atoms with Crippen molar-refractivity contribution < 1.29 is 4.79 Å². The van der Waals surface area contributed by atoms with E-state index in [1.807, 2.05) is 16.5 Å². The molecule has 2 aliphatic rings. The molecule has 5 rings (SSSR count). The van der Waals surface area contributed by atoms with Gasteiger partial charge < -0.3 is 14.8 Å². The summed E-state index contributed by atoms with van der Waals surface area (Å²) in [5.74, 6) is 0.738. The van der Waals surface area contributed by atoms with Crippen LogP contribution in [0, 0.1) is 0 Å². The smallest absolute Gasteiger partial charge is 0.259 e. The number of H-pyrrole nitrogens is 1. The van der Waals surface area contributed by atoms with Gasteiger partial charge in [0.25, 0.3) is 5.56 Å². The zero-order valence-corrected chi connectivity index (χ0v) is 17.1. The molecule has 1 N–H and O–H groups in total. The van der Waals surface area contributed by atoms with Crippen LogP contribution in [0.4, 0.5) is 5.13 Å². The molecule has 0 unspecified atom stereocenters. The van der Waals surface area contributed by atoms with Crippen LogP contribution < -0.4 is 10.5 Å². The van der Waals surface area contributed by atoms with Gasteiger partial charge in [0.1, 0.15) is 10.7 Å². The predicted octanol–water partition coefficient (Wildman–Crippen LogP) is 2.21. The van der Waals surface area contributed by atoms with Crippen molar-refractivity contribution in [2.24, 2.45) is 0 Å². The molecule has 0 bridgehead atoms. The molecule has 4 heterocycles. The zero-order valence-electron chi connectivity index (χ0n) is 15.4. The van der Waals surface area contributed by atoms with E-state index in [-0.39, 0.29) is 11.5 Å². The topological polar surface area (TPSA) is 82.2 Å². The Morgan fingerprint density at radius 1 is 1.21 bits per heavy atom. The van der Waals surface area contributed by atoms with E-state index in [9.17, 15) is 9.59 Å². The first kappa shape index (κ1) is 17.8. The van der Waals surface area contributed by atoms with Crippen molar-refractivity contribution in [3.8, 4) is 0 Å². The van der Waals surface area contributed by atoms with Gasteiger partial charge in [0.2, 0.25) is 5.91 Å². The summed E-state index contributed by atoms with van der Waals surface area (Å²) in [6, 6.07) is 0. The highest BCUT2D eigenvalue weighted by Gasteiger charge is 2.23. The number of carbonyl (C=O) groups excluding carboxylic acids is 1. The van der Waals surface area contributed by atoms with Gasteiger partial charge in [-0.1, -0.05) is 0 Å². The van der Waals surface area contributed by atoms with E-state index in [0.29, 0.717) is 31.8 Å². The SMILES string of the molecule is O=C(CCc1nc2sc3c(c2c(=O)[nH]1)CCC3)N1CCN(c2nccs2)CC1. The largest absolute Gasteiger partial charge is 0.345 e. The van der Waals surface area contributed by atoms with Crippen molar-refractivity contribution in [2.75, 3.05) is 31.1 Å². The fourth-order valence-electron chi connectivity index (χ4n) is 4.07. The lowest BCUT2D eigenvalue weighted by Crippen LogP contribution is -2.48. The van der Waals surface area contributed by atoms with Crippen molar-refractivity contribution in [2.45, 2.75) is 32.1 Å². The molecule has 1 aliphatic heterocycles. The number of carbonyl (C=O) groups is 1. The highest BCUT2D eigenvalue weighted by Crippen LogP contribution is 2.34. The van der Waals surface area contributed by atoms with Crippen LogP contribution in [0.5, 0.6) is 0 Å². The van der Waals surface area contributed by atoms with Gasteiger partial charge in [-0.2, -0.15) is 0 Å². The number of anilines is 1. The Labute approximate surface area is 170 Å². The van der Waals surface area contributed by atoms with Crippen molar-refractivity contribution >= 4 is 43.9 Å². The molecule has 0 aromatic carbocycles. The minimum Gasteiger partial charge on any atom is -0.345 e. The second-order valence-corrected chi connectivity index (χ2v) is 9.19. The zero-order chi connectivity index (χ0) is 19.1. The van der Waals surface area contributed by atoms with E-state index in [0.717, 1.165) is 47.7 Å². The van der Waals surface area contributed by atoms with Gasteiger partial charge in [-0.3, -0.25) is 9.59 Å². The van der Waals surface area contributed by atoms with E-state index < -0.39 is 0 Å². The predicted molar refractivity (Wildman–Crippen MR) is 111 cm³/mol. The summed E-state index contributed by atoms with van der Waals surface area (Å²) in [6.07, 6.45) is 5.81. The lowest BCUT2D eigenvalue weighted by Gasteiger charge is -2.34. The molecule has 146 valence electrons. The second-order valence-electron chi connectivity index (χ2n) is 7.23. The van der Waals surface area contributed by atoms with Gasteiger partial charge in [-0.25, -0.2) is 9.97 Å². The van der Waals surface area contributed by atoms with Gasteiger partial charge in [-0.15, -0.1) is 22.7 Å². The monoisotopic (exact) mass is 415 g/mol. The van der Waals surface area contributed by atoms with Crippen LogP contribution in [-0.4, -0.2) is 51.9 Å². The number of nitrogens with zero attached hydrogens (tertiary/aromatic N) is 4. The number of aromatic nitrogens is 3. The highest BCUT2D eigenvalue weighted by atomic mass is 32.1. The fraction of sp³-hybridized carbons (Fsp3) is 0.474. The van der Waals surface area contributed by atoms with Gasteiger partial charge in [0.05, 0.1) is 5.39 Å². The maximum absolute atomic E-state index is 12.6.